The van der Waals surface area contributed by atoms with E-state index in [9.17, 15) is 14.7 Å². The summed E-state index contributed by atoms with van der Waals surface area (Å²) < 4.78 is 10.4. The fourth-order valence-electron chi connectivity index (χ4n) is 2.10. The summed E-state index contributed by atoms with van der Waals surface area (Å²) in [4.78, 5) is 23.3. The Kier molecular flexibility index (Phi) is 4.64. The lowest BCUT2D eigenvalue weighted by Crippen LogP contribution is -2.56. The summed E-state index contributed by atoms with van der Waals surface area (Å²) in [5.74, 6) is -0.467. The molecule has 0 bridgehead atoms. The van der Waals surface area contributed by atoms with Gasteiger partial charge in [0.15, 0.2) is 5.54 Å². The van der Waals surface area contributed by atoms with Crippen molar-refractivity contribution in [1.82, 2.24) is 5.32 Å². The maximum absolute atomic E-state index is 12.0. The second-order valence-corrected chi connectivity index (χ2v) is 4.73. The largest absolute Gasteiger partial charge is 0.494 e. The number of hydrogen-bond acceptors (Lipinski definition) is 4. The Labute approximate surface area is 122 Å². The first-order valence-electron chi connectivity index (χ1n) is 6.69. The number of amides is 2. The van der Waals surface area contributed by atoms with Crippen LogP contribution in [0.15, 0.2) is 24.3 Å². The van der Waals surface area contributed by atoms with Gasteiger partial charge >= 0.3 is 12.0 Å². The number of ether oxygens (including phenoxy) is 2. The van der Waals surface area contributed by atoms with Crippen molar-refractivity contribution in [3.8, 4) is 5.75 Å². The SMILES string of the molecule is CCOc1cccc(NC(=O)NC2(C(=O)O)CCOC2)c1. The molecule has 1 fully saturated rings. The summed E-state index contributed by atoms with van der Waals surface area (Å²) in [5, 5.41) is 14.3. The molecule has 114 valence electrons. The topological polar surface area (TPSA) is 96.9 Å². The zero-order valence-electron chi connectivity index (χ0n) is 11.7. The standard InChI is InChI=1S/C14H18N2O5/c1-2-21-11-5-3-4-10(8-11)15-13(19)16-14(12(17)18)6-7-20-9-14/h3-5,8H,2,6-7,9H2,1H3,(H,17,18)(H2,15,16,19). The minimum absolute atomic E-state index is 0.0330. The molecule has 0 spiro atoms. The van der Waals surface area contributed by atoms with E-state index in [1.165, 1.54) is 0 Å². The quantitative estimate of drug-likeness (QED) is 0.763. The van der Waals surface area contributed by atoms with Crippen LogP contribution in [-0.4, -0.2) is 42.5 Å². The highest BCUT2D eigenvalue weighted by molar-refractivity contribution is 5.94. The Morgan fingerprint density at radius 1 is 1.48 bits per heavy atom. The molecule has 1 atom stereocenters. The van der Waals surface area contributed by atoms with Crippen molar-refractivity contribution in [1.29, 1.82) is 0 Å². The van der Waals surface area contributed by atoms with E-state index >= 15 is 0 Å². The third-order valence-electron chi connectivity index (χ3n) is 3.19. The maximum Gasteiger partial charge on any atom is 0.332 e. The van der Waals surface area contributed by atoms with E-state index in [2.05, 4.69) is 10.6 Å². The van der Waals surface area contributed by atoms with Crippen LogP contribution in [0, 0.1) is 0 Å². The molecule has 1 aliphatic rings. The van der Waals surface area contributed by atoms with E-state index in [0.717, 1.165) is 0 Å². The van der Waals surface area contributed by atoms with Gasteiger partial charge in [0.1, 0.15) is 5.75 Å². The molecule has 2 amide bonds. The number of aliphatic carboxylic acids is 1. The Morgan fingerprint density at radius 2 is 2.29 bits per heavy atom. The highest BCUT2D eigenvalue weighted by Crippen LogP contribution is 2.20. The highest BCUT2D eigenvalue weighted by atomic mass is 16.5. The number of nitrogens with one attached hydrogen (secondary N) is 2. The van der Waals surface area contributed by atoms with Crippen LogP contribution in [0.3, 0.4) is 0 Å². The maximum atomic E-state index is 12.0. The molecule has 0 radical (unpaired) electrons. The Bertz CT molecular complexity index is 526. The van der Waals surface area contributed by atoms with Crippen LogP contribution in [0.5, 0.6) is 5.75 Å². The zero-order valence-corrected chi connectivity index (χ0v) is 11.7. The lowest BCUT2D eigenvalue weighted by atomic mass is 9.99. The molecular formula is C14H18N2O5. The molecule has 7 nitrogen and oxygen atoms in total. The van der Waals surface area contributed by atoms with Gasteiger partial charge in [0.05, 0.1) is 13.2 Å². The third kappa shape index (κ3) is 3.63. The van der Waals surface area contributed by atoms with Crippen molar-refractivity contribution in [2.45, 2.75) is 18.9 Å². The van der Waals surface area contributed by atoms with Crippen LogP contribution < -0.4 is 15.4 Å². The second-order valence-electron chi connectivity index (χ2n) is 4.73. The Morgan fingerprint density at radius 3 is 2.90 bits per heavy atom. The summed E-state index contributed by atoms with van der Waals surface area (Å²) in [6.07, 6.45) is 0.245. The molecule has 0 aliphatic carbocycles. The number of hydrogen-bond donors (Lipinski definition) is 3. The Balaban J connectivity index is 2.01. The number of rotatable bonds is 5. The fraction of sp³-hybridized carbons (Fsp3) is 0.429. The Hall–Kier alpha value is -2.28. The summed E-state index contributed by atoms with van der Waals surface area (Å²) >= 11 is 0. The van der Waals surface area contributed by atoms with Crippen LogP contribution in [0.1, 0.15) is 13.3 Å². The van der Waals surface area contributed by atoms with Gasteiger partial charge in [0, 0.05) is 24.8 Å². The van der Waals surface area contributed by atoms with Gasteiger partial charge in [-0.15, -0.1) is 0 Å². The molecule has 7 heteroatoms. The number of carbonyl (C=O) groups excluding carboxylic acids is 1. The summed E-state index contributed by atoms with van der Waals surface area (Å²) in [6, 6.07) is 6.29. The molecule has 2 rings (SSSR count). The average molecular weight is 294 g/mol. The smallest absolute Gasteiger partial charge is 0.332 e. The number of anilines is 1. The van der Waals surface area contributed by atoms with Crippen molar-refractivity contribution in [3.05, 3.63) is 24.3 Å². The third-order valence-corrected chi connectivity index (χ3v) is 3.19. The van der Waals surface area contributed by atoms with E-state index in [0.29, 0.717) is 24.7 Å². The van der Waals surface area contributed by atoms with Gasteiger partial charge in [-0.25, -0.2) is 9.59 Å². The van der Waals surface area contributed by atoms with Crippen LogP contribution in [0.25, 0.3) is 0 Å². The zero-order chi connectivity index (χ0) is 15.3. The predicted molar refractivity (Wildman–Crippen MR) is 75.6 cm³/mol. The molecule has 1 aliphatic heterocycles. The molecule has 1 unspecified atom stereocenters. The fourth-order valence-corrected chi connectivity index (χ4v) is 2.10. The van der Waals surface area contributed by atoms with E-state index in [4.69, 9.17) is 9.47 Å². The van der Waals surface area contributed by atoms with Crippen molar-refractivity contribution in [3.63, 3.8) is 0 Å². The first-order chi connectivity index (χ1) is 10.1. The minimum atomic E-state index is -1.36. The van der Waals surface area contributed by atoms with Crippen molar-refractivity contribution >= 4 is 17.7 Å². The number of carboxylic acid groups (broad SMARTS) is 1. The molecule has 1 heterocycles. The predicted octanol–water partition coefficient (Wildman–Crippen LogP) is 1.45. The van der Waals surface area contributed by atoms with Gasteiger partial charge in [-0.2, -0.15) is 0 Å². The van der Waals surface area contributed by atoms with Crippen molar-refractivity contribution in [2.75, 3.05) is 25.1 Å². The van der Waals surface area contributed by atoms with Crippen LogP contribution in [0.4, 0.5) is 10.5 Å². The van der Waals surface area contributed by atoms with E-state index < -0.39 is 17.5 Å². The van der Waals surface area contributed by atoms with E-state index in [-0.39, 0.29) is 13.0 Å². The van der Waals surface area contributed by atoms with E-state index in [1.54, 1.807) is 24.3 Å². The van der Waals surface area contributed by atoms with Crippen molar-refractivity contribution in [2.24, 2.45) is 0 Å². The van der Waals surface area contributed by atoms with Crippen LogP contribution in [0.2, 0.25) is 0 Å². The summed E-state index contributed by atoms with van der Waals surface area (Å²) in [7, 11) is 0. The van der Waals surface area contributed by atoms with Crippen LogP contribution >= 0.6 is 0 Å². The lowest BCUT2D eigenvalue weighted by Gasteiger charge is -2.23. The average Bonchev–Trinajstić information content (AvgIpc) is 2.89. The normalized spacial score (nSPS) is 20.8. The van der Waals surface area contributed by atoms with Crippen molar-refractivity contribution < 1.29 is 24.2 Å². The van der Waals surface area contributed by atoms with E-state index in [1.807, 2.05) is 6.92 Å². The highest BCUT2D eigenvalue weighted by Gasteiger charge is 2.44. The van der Waals surface area contributed by atoms with Gasteiger partial charge in [-0.3, -0.25) is 0 Å². The van der Waals surface area contributed by atoms with Crippen LogP contribution in [-0.2, 0) is 9.53 Å². The van der Waals surface area contributed by atoms with Gasteiger partial charge < -0.3 is 25.2 Å². The second kappa shape index (κ2) is 6.45. The molecule has 1 aromatic carbocycles. The first-order valence-corrected chi connectivity index (χ1v) is 6.69. The molecule has 1 saturated heterocycles. The number of urea groups is 1. The monoisotopic (exact) mass is 294 g/mol. The first kappa shape index (κ1) is 15.1. The summed E-state index contributed by atoms with van der Waals surface area (Å²) in [5.41, 5.74) is -0.834. The van der Waals surface area contributed by atoms with Gasteiger partial charge in [0.2, 0.25) is 0 Å². The molecule has 1 aromatic rings. The minimum Gasteiger partial charge on any atom is -0.494 e. The summed E-state index contributed by atoms with van der Waals surface area (Å²) in [6.45, 7) is 2.67. The van der Waals surface area contributed by atoms with Gasteiger partial charge in [-0.1, -0.05) is 6.07 Å². The molecule has 0 saturated carbocycles. The molecule has 3 N–H and O–H groups in total. The lowest BCUT2D eigenvalue weighted by molar-refractivity contribution is -0.144. The molecular weight excluding hydrogens is 276 g/mol. The van der Waals surface area contributed by atoms with Gasteiger partial charge in [-0.05, 0) is 19.1 Å². The number of carbonyl (C=O) groups is 2. The number of carboxylic acids is 1. The number of benzene rings is 1. The molecule has 0 aromatic heterocycles. The van der Waals surface area contributed by atoms with Gasteiger partial charge in [0.25, 0.3) is 0 Å². The molecule has 21 heavy (non-hydrogen) atoms.